The highest BCUT2D eigenvalue weighted by molar-refractivity contribution is 5.94. The smallest absolute Gasteiger partial charge is 0.416 e. The second kappa shape index (κ2) is 11.1. The monoisotopic (exact) mass is 501 g/mol. The lowest BCUT2D eigenvalue weighted by Crippen LogP contribution is -2.24. The zero-order chi connectivity index (χ0) is 26.5. The van der Waals surface area contributed by atoms with Crippen molar-refractivity contribution in [3.63, 3.8) is 0 Å². The van der Waals surface area contributed by atoms with Crippen LogP contribution in [0.15, 0.2) is 66.2 Å². The Morgan fingerprint density at radius 3 is 2.36 bits per heavy atom. The average molecular weight is 501 g/mol. The number of amides is 1. The Balaban J connectivity index is 1.84. The minimum atomic E-state index is -4.72. The van der Waals surface area contributed by atoms with Gasteiger partial charge in [-0.15, -0.1) is 0 Å². The molecule has 0 aliphatic rings. The molecule has 0 radical (unpaired) electrons. The SMILES string of the molecule is CC/C(=C\c1cccc(-c2ccc(OC)c(CNC(=O)c3ccc(C(F)(F)F)cc3F)c2)c1)C(=O)O. The number of hydrogen-bond donors (Lipinski definition) is 2. The molecule has 3 aromatic carbocycles. The molecule has 1 amide bonds. The van der Waals surface area contributed by atoms with Crippen LogP contribution in [0.25, 0.3) is 17.2 Å². The molecule has 36 heavy (non-hydrogen) atoms. The van der Waals surface area contributed by atoms with Crippen LogP contribution in [0.3, 0.4) is 0 Å². The van der Waals surface area contributed by atoms with Crippen LogP contribution in [-0.4, -0.2) is 24.1 Å². The van der Waals surface area contributed by atoms with E-state index >= 15 is 0 Å². The topological polar surface area (TPSA) is 75.6 Å². The maximum absolute atomic E-state index is 14.2. The largest absolute Gasteiger partial charge is 0.496 e. The number of nitrogens with one attached hydrogen (secondary N) is 1. The van der Waals surface area contributed by atoms with Crippen LogP contribution in [0, 0.1) is 5.82 Å². The van der Waals surface area contributed by atoms with Crippen LogP contribution in [0.5, 0.6) is 5.75 Å². The summed E-state index contributed by atoms with van der Waals surface area (Å²) in [6.45, 7) is 1.68. The van der Waals surface area contributed by atoms with E-state index in [0.29, 0.717) is 29.4 Å². The van der Waals surface area contributed by atoms with Gasteiger partial charge in [-0.05, 0) is 65.6 Å². The van der Waals surface area contributed by atoms with Gasteiger partial charge in [-0.3, -0.25) is 4.79 Å². The zero-order valence-corrected chi connectivity index (χ0v) is 19.4. The summed E-state index contributed by atoms with van der Waals surface area (Å²) in [5, 5.41) is 11.8. The molecule has 0 bridgehead atoms. The average Bonchev–Trinajstić information content (AvgIpc) is 2.85. The van der Waals surface area contributed by atoms with Crippen molar-refractivity contribution < 1.29 is 37.0 Å². The minimum Gasteiger partial charge on any atom is -0.496 e. The summed E-state index contributed by atoms with van der Waals surface area (Å²) in [5.41, 5.74) is 1.37. The predicted octanol–water partition coefficient (Wildman–Crippen LogP) is 6.33. The summed E-state index contributed by atoms with van der Waals surface area (Å²) in [4.78, 5) is 23.8. The van der Waals surface area contributed by atoms with Gasteiger partial charge in [0, 0.05) is 17.7 Å². The number of benzene rings is 3. The van der Waals surface area contributed by atoms with E-state index in [1.807, 2.05) is 12.1 Å². The number of ether oxygens (including phenoxy) is 1. The highest BCUT2D eigenvalue weighted by Crippen LogP contribution is 2.31. The van der Waals surface area contributed by atoms with E-state index in [0.717, 1.165) is 17.2 Å². The number of carboxylic acid groups (broad SMARTS) is 1. The molecule has 0 saturated heterocycles. The van der Waals surface area contributed by atoms with E-state index in [1.54, 1.807) is 43.3 Å². The van der Waals surface area contributed by atoms with Crippen molar-refractivity contribution in [2.75, 3.05) is 7.11 Å². The molecule has 5 nitrogen and oxygen atoms in total. The van der Waals surface area contributed by atoms with Gasteiger partial charge in [0.15, 0.2) is 0 Å². The number of halogens is 4. The number of alkyl halides is 3. The summed E-state index contributed by atoms with van der Waals surface area (Å²) in [5.74, 6) is -2.70. The first kappa shape index (κ1) is 26.5. The third kappa shape index (κ3) is 6.29. The highest BCUT2D eigenvalue weighted by Gasteiger charge is 2.31. The summed E-state index contributed by atoms with van der Waals surface area (Å²) in [7, 11) is 1.44. The summed E-state index contributed by atoms with van der Waals surface area (Å²) in [6, 6.07) is 14.2. The van der Waals surface area contributed by atoms with Crippen LogP contribution < -0.4 is 10.1 Å². The van der Waals surface area contributed by atoms with Gasteiger partial charge in [-0.25, -0.2) is 9.18 Å². The van der Waals surface area contributed by atoms with Crippen molar-refractivity contribution >= 4 is 18.0 Å². The van der Waals surface area contributed by atoms with E-state index in [2.05, 4.69) is 5.32 Å². The van der Waals surface area contributed by atoms with Crippen LogP contribution in [0.1, 0.15) is 40.4 Å². The first-order valence-electron chi connectivity index (χ1n) is 10.9. The molecular weight excluding hydrogens is 478 g/mol. The molecule has 3 rings (SSSR count). The number of aliphatic carboxylic acids is 1. The molecular formula is C27H23F4NO4. The maximum Gasteiger partial charge on any atom is 0.416 e. The Bertz CT molecular complexity index is 1320. The first-order chi connectivity index (χ1) is 17.0. The number of hydrogen-bond acceptors (Lipinski definition) is 3. The van der Waals surface area contributed by atoms with Crippen molar-refractivity contribution in [1.82, 2.24) is 5.32 Å². The van der Waals surface area contributed by atoms with Crippen LogP contribution in [0.4, 0.5) is 17.6 Å². The third-order valence-electron chi connectivity index (χ3n) is 5.48. The lowest BCUT2D eigenvalue weighted by molar-refractivity contribution is -0.137. The molecule has 188 valence electrons. The van der Waals surface area contributed by atoms with Gasteiger partial charge in [-0.1, -0.05) is 31.2 Å². The minimum absolute atomic E-state index is 0.0745. The number of carbonyl (C=O) groups excluding carboxylic acids is 1. The molecule has 2 N–H and O–H groups in total. The maximum atomic E-state index is 14.2. The summed E-state index contributed by atoms with van der Waals surface area (Å²) < 4.78 is 57.8. The van der Waals surface area contributed by atoms with Gasteiger partial charge in [0.25, 0.3) is 5.91 Å². The van der Waals surface area contributed by atoms with Gasteiger partial charge >= 0.3 is 12.1 Å². The fraction of sp³-hybridized carbons (Fsp3) is 0.185. The Kier molecular flexibility index (Phi) is 8.14. The fourth-order valence-corrected chi connectivity index (χ4v) is 3.57. The Morgan fingerprint density at radius 2 is 1.75 bits per heavy atom. The van der Waals surface area contributed by atoms with Gasteiger partial charge in [0.05, 0.1) is 18.2 Å². The number of rotatable bonds is 8. The molecule has 0 spiro atoms. The molecule has 0 saturated carbocycles. The molecule has 9 heteroatoms. The van der Waals surface area contributed by atoms with Crippen molar-refractivity contribution in [2.45, 2.75) is 26.1 Å². The second-order valence-electron chi connectivity index (χ2n) is 7.86. The van der Waals surface area contributed by atoms with Crippen LogP contribution in [0.2, 0.25) is 0 Å². The summed E-state index contributed by atoms with van der Waals surface area (Å²) in [6.07, 6.45) is -2.76. The van der Waals surface area contributed by atoms with E-state index in [9.17, 15) is 32.3 Å². The van der Waals surface area contributed by atoms with Gasteiger partial charge in [-0.2, -0.15) is 13.2 Å². The van der Waals surface area contributed by atoms with Crippen molar-refractivity contribution in [3.05, 3.63) is 94.3 Å². The number of carbonyl (C=O) groups is 2. The molecule has 0 aliphatic carbocycles. The van der Waals surface area contributed by atoms with Gasteiger partial charge in [0.2, 0.25) is 0 Å². The number of carboxylic acids is 1. The molecule has 0 aliphatic heterocycles. The van der Waals surface area contributed by atoms with E-state index < -0.39 is 35.0 Å². The fourth-order valence-electron chi connectivity index (χ4n) is 3.57. The van der Waals surface area contributed by atoms with E-state index in [-0.39, 0.29) is 18.2 Å². The molecule has 0 unspecified atom stereocenters. The van der Waals surface area contributed by atoms with E-state index in [4.69, 9.17) is 4.74 Å². The lowest BCUT2D eigenvalue weighted by Gasteiger charge is -2.13. The first-order valence-corrected chi connectivity index (χ1v) is 10.9. The molecule has 0 atom stereocenters. The van der Waals surface area contributed by atoms with Crippen LogP contribution in [-0.2, 0) is 17.5 Å². The van der Waals surface area contributed by atoms with Crippen LogP contribution >= 0.6 is 0 Å². The molecule has 0 heterocycles. The predicted molar refractivity (Wildman–Crippen MR) is 127 cm³/mol. The third-order valence-corrected chi connectivity index (χ3v) is 5.48. The highest BCUT2D eigenvalue weighted by atomic mass is 19.4. The van der Waals surface area contributed by atoms with Gasteiger partial charge in [0.1, 0.15) is 11.6 Å². The quantitative estimate of drug-likeness (QED) is 0.280. The summed E-state index contributed by atoms with van der Waals surface area (Å²) >= 11 is 0. The van der Waals surface area contributed by atoms with Crippen molar-refractivity contribution in [2.24, 2.45) is 0 Å². The number of methoxy groups -OCH3 is 1. The lowest BCUT2D eigenvalue weighted by atomic mass is 9.99. The van der Waals surface area contributed by atoms with E-state index in [1.165, 1.54) is 7.11 Å². The molecule has 0 aromatic heterocycles. The molecule has 0 fully saturated rings. The Labute approximate surface area is 205 Å². The Hall–Kier alpha value is -4.14. The standard InChI is InChI=1S/C27H23F4NO4/c1-3-17(26(34)35)11-16-5-4-6-18(12-16)19-7-10-24(36-2)20(13-19)15-32-25(33)22-9-8-21(14-23(22)28)27(29,30)31/h4-14H,3,15H2,1-2H3,(H,32,33)(H,34,35)/b17-11+. The second-order valence-corrected chi connectivity index (χ2v) is 7.86. The van der Waals surface area contributed by atoms with Crippen molar-refractivity contribution in [1.29, 1.82) is 0 Å². The zero-order valence-electron chi connectivity index (χ0n) is 19.4. The van der Waals surface area contributed by atoms with Gasteiger partial charge < -0.3 is 15.2 Å². The normalized spacial score (nSPS) is 11.8. The molecule has 3 aromatic rings. The Morgan fingerprint density at radius 1 is 1.03 bits per heavy atom. The van der Waals surface area contributed by atoms with Crippen molar-refractivity contribution in [3.8, 4) is 16.9 Å².